The number of rotatable bonds is 1. The number of hydrogen-bond acceptors (Lipinski definition) is 1. The van der Waals surface area contributed by atoms with Gasteiger partial charge in [-0.3, -0.25) is 0 Å². The number of aromatic hydroxyl groups is 1. The van der Waals surface area contributed by atoms with Crippen molar-refractivity contribution in [3.05, 3.63) is 66.5 Å². The van der Waals surface area contributed by atoms with Gasteiger partial charge < -0.3 is 5.11 Å². The maximum Gasteiger partial charge on any atom is 0.131 e. The summed E-state index contributed by atoms with van der Waals surface area (Å²) < 4.78 is 13.6. The van der Waals surface area contributed by atoms with E-state index >= 15 is 0 Å². The predicted molar refractivity (Wildman–Crippen MR) is 71.0 cm³/mol. The van der Waals surface area contributed by atoms with Gasteiger partial charge in [-0.1, -0.05) is 48.5 Å². The van der Waals surface area contributed by atoms with Gasteiger partial charge in [0.15, 0.2) is 0 Å². The van der Waals surface area contributed by atoms with Crippen LogP contribution in [0.5, 0.6) is 5.75 Å². The third-order valence-corrected chi connectivity index (χ3v) is 3.06. The van der Waals surface area contributed by atoms with Gasteiger partial charge in [-0.2, -0.15) is 0 Å². The van der Waals surface area contributed by atoms with Crippen molar-refractivity contribution in [3.8, 4) is 16.9 Å². The molecule has 3 aromatic rings. The van der Waals surface area contributed by atoms with Gasteiger partial charge in [-0.15, -0.1) is 0 Å². The second-order valence-electron chi connectivity index (χ2n) is 4.16. The highest BCUT2D eigenvalue weighted by molar-refractivity contribution is 5.95. The van der Waals surface area contributed by atoms with Gasteiger partial charge in [0, 0.05) is 16.3 Å². The van der Waals surface area contributed by atoms with Crippen molar-refractivity contribution in [2.45, 2.75) is 0 Å². The molecule has 1 nitrogen and oxygen atoms in total. The van der Waals surface area contributed by atoms with E-state index in [0.717, 1.165) is 5.56 Å². The lowest BCUT2D eigenvalue weighted by Crippen LogP contribution is -1.84. The largest absolute Gasteiger partial charge is 0.507 e. The van der Waals surface area contributed by atoms with Crippen molar-refractivity contribution in [1.82, 2.24) is 0 Å². The zero-order valence-electron chi connectivity index (χ0n) is 9.60. The summed E-state index contributed by atoms with van der Waals surface area (Å²) in [4.78, 5) is 0. The van der Waals surface area contributed by atoms with Gasteiger partial charge in [-0.05, 0) is 17.7 Å². The average Bonchev–Trinajstić information content (AvgIpc) is 2.41. The zero-order valence-corrected chi connectivity index (χ0v) is 9.60. The molecule has 0 saturated heterocycles. The minimum absolute atomic E-state index is 0.123. The fraction of sp³-hybridized carbons (Fsp3) is 0. The van der Waals surface area contributed by atoms with Crippen LogP contribution in [0.2, 0.25) is 0 Å². The molecule has 0 aliphatic rings. The first kappa shape index (κ1) is 10.8. The number of benzene rings is 3. The van der Waals surface area contributed by atoms with E-state index in [9.17, 15) is 9.50 Å². The Kier molecular flexibility index (Phi) is 2.49. The Balaban J connectivity index is 2.31. The molecule has 3 rings (SSSR count). The van der Waals surface area contributed by atoms with Crippen LogP contribution in [0, 0.1) is 5.82 Å². The summed E-state index contributed by atoms with van der Waals surface area (Å²) in [5, 5.41) is 11.2. The SMILES string of the molecule is Oc1c(-c2ccccc2)ccc2c(F)cccc12. The van der Waals surface area contributed by atoms with Gasteiger partial charge >= 0.3 is 0 Å². The third-order valence-electron chi connectivity index (χ3n) is 3.06. The molecule has 3 aromatic carbocycles. The van der Waals surface area contributed by atoms with E-state index in [1.807, 2.05) is 30.3 Å². The molecule has 0 aliphatic carbocycles. The van der Waals surface area contributed by atoms with Gasteiger partial charge in [0.1, 0.15) is 11.6 Å². The van der Waals surface area contributed by atoms with E-state index in [0.29, 0.717) is 16.3 Å². The summed E-state index contributed by atoms with van der Waals surface area (Å²) in [7, 11) is 0. The second kappa shape index (κ2) is 4.15. The Hall–Kier alpha value is -2.35. The molecule has 0 heterocycles. The number of phenols is 1. The van der Waals surface area contributed by atoms with Crippen molar-refractivity contribution in [1.29, 1.82) is 0 Å². The van der Waals surface area contributed by atoms with Crippen LogP contribution in [0.1, 0.15) is 0 Å². The third kappa shape index (κ3) is 1.63. The molecular formula is C16H11FO. The molecule has 0 unspecified atom stereocenters. The Labute approximate surface area is 104 Å². The monoisotopic (exact) mass is 238 g/mol. The zero-order chi connectivity index (χ0) is 12.5. The molecule has 2 heteroatoms. The van der Waals surface area contributed by atoms with Gasteiger partial charge in [-0.25, -0.2) is 4.39 Å². The summed E-state index contributed by atoms with van der Waals surface area (Å²) in [5.41, 5.74) is 1.63. The van der Waals surface area contributed by atoms with E-state index in [1.54, 1.807) is 24.3 Å². The Bertz CT molecular complexity index is 705. The molecule has 18 heavy (non-hydrogen) atoms. The molecule has 0 radical (unpaired) electrons. The van der Waals surface area contributed by atoms with E-state index in [2.05, 4.69) is 0 Å². The van der Waals surface area contributed by atoms with Crippen LogP contribution in [0.3, 0.4) is 0 Å². The van der Waals surface area contributed by atoms with Gasteiger partial charge in [0.25, 0.3) is 0 Å². The molecule has 0 amide bonds. The molecule has 88 valence electrons. The Morgan fingerprint density at radius 3 is 2.28 bits per heavy atom. The smallest absolute Gasteiger partial charge is 0.131 e. The van der Waals surface area contributed by atoms with Crippen molar-refractivity contribution >= 4 is 10.8 Å². The fourth-order valence-electron chi connectivity index (χ4n) is 2.15. The molecule has 0 saturated carbocycles. The number of fused-ring (bicyclic) bond motifs is 1. The normalized spacial score (nSPS) is 10.7. The topological polar surface area (TPSA) is 20.2 Å². The molecule has 0 spiro atoms. The number of hydrogen-bond donors (Lipinski definition) is 1. The van der Waals surface area contributed by atoms with Gasteiger partial charge in [0.05, 0.1) is 0 Å². The number of phenolic OH excluding ortho intramolecular Hbond substituents is 1. The van der Waals surface area contributed by atoms with Gasteiger partial charge in [0.2, 0.25) is 0 Å². The summed E-state index contributed by atoms with van der Waals surface area (Å²) in [6.45, 7) is 0. The first-order valence-electron chi connectivity index (χ1n) is 5.73. The lowest BCUT2D eigenvalue weighted by atomic mass is 9.99. The van der Waals surface area contributed by atoms with Crippen molar-refractivity contribution in [2.24, 2.45) is 0 Å². The molecule has 1 N–H and O–H groups in total. The van der Waals surface area contributed by atoms with Crippen LogP contribution in [0.25, 0.3) is 21.9 Å². The van der Waals surface area contributed by atoms with Crippen LogP contribution in [-0.2, 0) is 0 Å². The first-order valence-corrected chi connectivity index (χ1v) is 5.73. The van der Waals surface area contributed by atoms with Crippen molar-refractivity contribution in [2.75, 3.05) is 0 Å². The van der Waals surface area contributed by atoms with Crippen LogP contribution < -0.4 is 0 Å². The van der Waals surface area contributed by atoms with Crippen molar-refractivity contribution < 1.29 is 9.50 Å². The summed E-state index contributed by atoms with van der Waals surface area (Å²) in [6.07, 6.45) is 0. The molecule has 0 aliphatic heterocycles. The summed E-state index contributed by atoms with van der Waals surface area (Å²) >= 11 is 0. The Morgan fingerprint density at radius 2 is 1.50 bits per heavy atom. The molecule has 0 fully saturated rings. The highest BCUT2D eigenvalue weighted by Gasteiger charge is 2.10. The van der Waals surface area contributed by atoms with Crippen LogP contribution in [0.4, 0.5) is 4.39 Å². The standard InChI is InChI=1S/C16H11FO/c17-15-8-4-7-14-13(15)10-9-12(16(14)18)11-5-2-1-3-6-11/h1-10,18H. The van der Waals surface area contributed by atoms with E-state index in [-0.39, 0.29) is 11.6 Å². The number of halogens is 1. The molecular weight excluding hydrogens is 227 g/mol. The van der Waals surface area contributed by atoms with Crippen LogP contribution in [0.15, 0.2) is 60.7 Å². The van der Waals surface area contributed by atoms with E-state index in [4.69, 9.17) is 0 Å². The maximum atomic E-state index is 13.6. The Morgan fingerprint density at radius 1 is 0.722 bits per heavy atom. The lowest BCUT2D eigenvalue weighted by molar-refractivity contribution is 0.483. The lowest BCUT2D eigenvalue weighted by Gasteiger charge is -2.08. The fourth-order valence-corrected chi connectivity index (χ4v) is 2.15. The minimum atomic E-state index is -0.317. The summed E-state index contributed by atoms with van der Waals surface area (Å²) in [5.74, 6) is -0.194. The summed E-state index contributed by atoms with van der Waals surface area (Å²) in [6, 6.07) is 17.7. The molecule has 0 atom stereocenters. The predicted octanol–water partition coefficient (Wildman–Crippen LogP) is 4.35. The van der Waals surface area contributed by atoms with E-state index < -0.39 is 0 Å². The maximum absolute atomic E-state index is 13.6. The average molecular weight is 238 g/mol. The van der Waals surface area contributed by atoms with Crippen LogP contribution in [-0.4, -0.2) is 5.11 Å². The van der Waals surface area contributed by atoms with Crippen LogP contribution >= 0.6 is 0 Å². The minimum Gasteiger partial charge on any atom is -0.507 e. The highest BCUT2D eigenvalue weighted by atomic mass is 19.1. The first-order chi connectivity index (χ1) is 8.77. The van der Waals surface area contributed by atoms with E-state index in [1.165, 1.54) is 6.07 Å². The molecule has 0 aromatic heterocycles. The molecule has 0 bridgehead atoms. The quantitative estimate of drug-likeness (QED) is 0.668. The second-order valence-corrected chi connectivity index (χ2v) is 4.16. The highest BCUT2D eigenvalue weighted by Crippen LogP contribution is 2.36. The van der Waals surface area contributed by atoms with Crippen molar-refractivity contribution in [3.63, 3.8) is 0 Å².